The van der Waals surface area contributed by atoms with Crippen LogP contribution in [0.5, 0.6) is 11.6 Å². The number of alkyl carbamates (subject to hydrolysis) is 1. The molecule has 1 aromatic heterocycles. The molecule has 52 heavy (non-hydrogen) atoms. The third-order valence-corrected chi connectivity index (χ3v) is 11.6. The number of hydrogen-bond acceptors (Lipinski definition) is 11. The van der Waals surface area contributed by atoms with Gasteiger partial charge in [0.2, 0.25) is 17.7 Å². The summed E-state index contributed by atoms with van der Waals surface area (Å²) in [5.74, 6) is -1.50. The minimum atomic E-state index is -4.45. The molecule has 1 saturated heterocycles. The maximum Gasteiger partial charge on any atom is 0.408 e. The first-order chi connectivity index (χ1) is 24.3. The summed E-state index contributed by atoms with van der Waals surface area (Å²) in [4.78, 5) is 61.1. The average Bonchev–Trinajstić information content (AvgIpc) is 4.02. The van der Waals surface area contributed by atoms with Crippen molar-refractivity contribution in [3.63, 3.8) is 0 Å². The lowest BCUT2D eigenvalue weighted by atomic mass is 9.85. The zero-order chi connectivity index (χ0) is 37.9. The molecule has 3 saturated carbocycles. The molecular weight excluding hydrogens is 694 g/mol. The maximum atomic E-state index is 14.5. The lowest BCUT2D eigenvalue weighted by Gasteiger charge is -2.35. The quantitative estimate of drug-likeness (QED) is 0.272. The number of pyridine rings is 1. The molecule has 0 bridgehead atoms. The second-order valence-corrected chi connectivity index (χ2v) is 17.4. The van der Waals surface area contributed by atoms with E-state index in [4.69, 9.17) is 18.4 Å². The molecule has 2 heterocycles. The molecule has 3 unspecified atom stereocenters. The van der Waals surface area contributed by atoms with Crippen LogP contribution < -0.4 is 24.8 Å². The van der Waals surface area contributed by atoms with Crippen molar-refractivity contribution in [2.24, 2.45) is 11.3 Å². The van der Waals surface area contributed by atoms with Crippen LogP contribution in [0.2, 0.25) is 0 Å². The number of aromatic nitrogens is 1. The number of methoxy groups -OCH3 is 1. The lowest BCUT2D eigenvalue weighted by molar-refractivity contribution is -0.143. The summed E-state index contributed by atoms with van der Waals surface area (Å²) in [6, 6.07) is 5.01. The molecule has 2 aromatic rings. The van der Waals surface area contributed by atoms with Gasteiger partial charge in [-0.15, -0.1) is 0 Å². The van der Waals surface area contributed by atoms with Crippen LogP contribution in [0, 0.1) is 11.3 Å². The molecule has 0 spiro atoms. The molecule has 0 radical (unpaired) electrons. The summed E-state index contributed by atoms with van der Waals surface area (Å²) in [7, 11) is -2.88. The highest BCUT2D eigenvalue weighted by Crippen LogP contribution is 2.47. The number of ether oxygens (including phenoxy) is 3. The van der Waals surface area contributed by atoms with E-state index in [1.807, 2.05) is 36.8 Å². The van der Waals surface area contributed by atoms with Gasteiger partial charge in [-0.05, 0) is 86.9 Å². The first-order valence-electron chi connectivity index (χ1n) is 17.8. The summed E-state index contributed by atoms with van der Waals surface area (Å²) < 4.78 is 50.0. The van der Waals surface area contributed by atoms with Gasteiger partial charge in [0.1, 0.15) is 35.1 Å². The fourth-order valence-corrected chi connectivity index (χ4v) is 7.86. The maximum absolute atomic E-state index is 14.5. The van der Waals surface area contributed by atoms with Crippen molar-refractivity contribution in [3.05, 3.63) is 30.5 Å². The molecule has 3 aliphatic carbocycles. The zero-order valence-electron chi connectivity index (χ0n) is 30.7. The van der Waals surface area contributed by atoms with Crippen LogP contribution in [0.4, 0.5) is 4.79 Å². The number of nitrogens with one attached hydrogen (secondary N) is 3. The van der Waals surface area contributed by atoms with Gasteiger partial charge in [-0.2, -0.15) is 8.42 Å². The third kappa shape index (κ3) is 8.07. The fraction of sp³-hybridized carbons (Fsp3) is 0.639. The highest BCUT2D eigenvalue weighted by molar-refractivity contribution is 7.85. The van der Waals surface area contributed by atoms with Crippen molar-refractivity contribution in [3.8, 4) is 11.6 Å². The molecule has 4 aliphatic rings. The minimum Gasteiger partial charge on any atom is -0.497 e. The van der Waals surface area contributed by atoms with Gasteiger partial charge in [0.05, 0.1) is 19.3 Å². The van der Waals surface area contributed by atoms with Crippen LogP contribution in [0.15, 0.2) is 30.5 Å². The number of carbonyl (C=O) groups excluding carboxylic acids is 4. The molecule has 284 valence electrons. The number of nitrogens with zero attached hydrogens (tertiary/aromatic N) is 2. The Balaban J connectivity index is 1.26. The average molecular weight is 744 g/mol. The van der Waals surface area contributed by atoms with E-state index < -0.39 is 74.5 Å². The highest BCUT2D eigenvalue weighted by Gasteiger charge is 2.62. The van der Waals surface area contributed by atoms with Crippen LogP contribution in [0.25, 0.3) is 10.8 Å². The van der Waals surface area contributed by atoms with Crippen LogP contribution in [-0.2, 0) is 33.6 Å². The lowest BCUT2D eigenvalue weighted by Crippen LogP contribution is -2.60. The molecule has 6 rings (SSSR count). The van der Waals surface area contributed by atoms with E-state index in [9.17, 15) is 27.6 Å². The number of rotatable bonds is 13. The number of hydrogen-bond donors (Lipinski definition) is 3. The Labute approximate surface area is 304 Å². The van der Waals surface area contributed by atoms with E-state index in [-0.39, 0.29) is 25.3 Å². The first kappa shape index (κ1) is 37.6. The number of amides is 4. The van der Waals surface area contributed by atoms with Crippen molar-refractivity contribution in [1.29, 1.82) is 0 Å². The first-order valence-corrected chi connectivity index (χ1v) is 19.2. The van der Waals surface area contributed by atoms with Crippen LogP contribution >= 0.6 is 0 Å². The zero-order valence-corrected chi connectivity index (χ0v) is 31.6. The smallest absolute Gasteiger partial charge is 0.408 e. The van der Waals surface area contributed by atoms with E-state index in [1.165, 1.54) is 4.90 Å². The van der Waals surface area contributed by atoms with Gasteiger partial charge >= 0.3 is 16.4 Å². The molecule has 1 aliphatic heterocycles. The SMILES string of the molecule is CCC1CC1(NC(=O)[C@@H]1CC(Oc2nccc3cc(OC)ccc23)CN1C(=O)[C@@H](NC(=O)OC1(C)CC1)C(C)(C)C)C(=O)NS(=O)(=O)OC1(C)CC1. The van der Waals surface area contributed by atoms with Crippen LogP contribution in [0.1, 0.15) is 86.5 Å². The van der Waals surface area contributed by atoms with E-state index in [2.05, 4.69) is 15.6 Å². The Kier molecular flexibility index (Phi) is 9.64. The van der Waals surface area contributed by atoms with Crippen molar-refractivity contribution in [1.82, 2.24) is 25.2 Å². The standard InChI is InChI=1S/C36H49N5O10S/c1-8-22-19-36(22,31(44)40-52(46,47)51-35(6)14-15-35)39-28(42)26-18-24(49-29-25-10-9-23(48-7)17-21(25)11-16-37-29)20-41(26)30(43)27(33(2,3)4)38-32(45)50-34(5)12-13-34/h9-11,16-17,22,24,26-27H,8,12-15,18-20H2,1-7H3,(H,38,45)(H,39,42)(H,40,44)/t22?,24?,26-,27+,36?/m0/s1. The molecular formula is C36H49N5O10S. The number of fused-ring (bicyclic) bond motifs is 1. The predicted molar refractivity (Wildman–Crippen MR) is 188 cm³/mol. The number of carbonyl (C=O) groups is 4. The monoisotopic (exact) mass is 743 g/mol. The van der Waals surface area contributed by atoms with Gasteiger partial charge in [-0.3, -0.25) is 14.4 Å². The van der Waals surface area contributed by atoms with E-state index in [0.29, 0.717) is 36.3 Å². The van der Waals surface area contributed by atoms with Crippen molar-refractivity contribution in [2.75, 3.05) is 13.7 Å². The van der Waals surface area contributed by atoms with E-state index in [0.717, 1.165) is 18.2 Å². The topological polar surface area (TPSA) is 192 Å². The highest BCUT2D eigenvalue weighted by atomic mass is 32.2. The van der Waals surface area contributed by atoms with Crippen molar-refractivity contribution >= 4 is 44.9 Å². The summed E-state index contributed by atoms with van der Waals surface area (Å²) >= 11 is 0. The van der Waals surface area contributed by atoms with Gasteiger partial charge in [-0.1, -0.05) is 34.1 Å². The van der Waals surface area contributed by atoms with Gasteiger partial charge < -0.3 is 29.7 Å². The van der Waals surface area contributed by atoms with E-state index >= 15 is 0 Å². The summed E-state index contributed by atoms with van der Waals surface area (Å²) in [6.07, 6.45) is 3.38. The Hall–Kier alpha value is -4.18. The summed E-state index contributed by atoms with van der Waals surface area (Å²) in [5.41, 5.74) is -3.76. The Morgan fingerprint density at radius 1 is 1.06 bits per heavy atom. The minimum absolute atomic E-state index is 0.0272. The molecule has 16 heteroatoms. The summed E-state index contributed by atoms with van der Waals surface area (Å²) in [6.45, 7) is 10.6. The second kappa shape index (κ2) is 13.3. The molecule has 4 fully saturated rings. The van der Waals surface area contributed by atoms with Crippen LogP contribution in [0.3, 0.4) is 0 Å². The van der Waals surface area contributed by atoms with Crippen LogP contribution in [-0.4, -0.2) is 90.7 Å². The van der Waals surface area contributed by atoms with Gasteiger partial charge in [0.25, 0.3) is 5.91 Å². The number of benzene rings is 1. The van der Waals surface area contributed by atoms with Crippen molar-refractivity contribution in [2.45, 2.75) is 121 Å². The molecule has 3 N–H and O–H groups in total. The van der Waals surface area contributed by atoms with E-state index in [1.54, 1.807) is 47.1 Å². The Morgan fingerprint density at radius 3 is 2.35 bits per heavy atom. The molecule has 5 atom stereocenters. The Morgan fingerprint density at radius 2 is 1.75 bits per heavy atom. The summed E-state index contributed by atoms with van der Waals surface area (Å²) in [5, 5.41) is 7.07. The van der Waals surface area contributed by atoms with Crippen molar-refractivity contribution < 1.29 is 46.0 Å². The second-order valence-electron chi connectivity index (χ2n) is 16.2. The molecule has 1 aromatic carbocycles. The van der Waals surface area contributed by atoms with Gasteiger partial charge in [0.15, 0.2) is 0 Å². The number of likely N-dealkylation sites (tertiary alicyclic amines) is 1. The van der Waals surface area contributed by atoms with Gasteiger partial charge in [0, 0.05) is 18.0 Å². The Bertz CT molecular complexity index is 1870. The normalized spacial score (nSPS) is 26.1. The molecule has 15 nitrogen and oxygen atoms in total. The predicted octanol–water partition coefficient (Wildman–Crippen LogP) is 3.50. The third-order valence-electron chi connectivity index (χ3n) is 10.6. The fourth-order valence-electron chi connectivity index (χ4n) is 6.71. The molecule has 4 amide bonds. The van der Waals surface area contributed by atoms with Gasteiger partial charge in [-0.25, -0.2) is 18.7 Å². The largest absolute Gasteiger partial charge is 0.497 e.